The monoisotopic (exact) mass is 303 g/mol. The predicted molar refractivity (Wildman–Crippen MR) is 90.0 cm³/mol. The molecule has 3 nitrogen and oxygen atoms in total. The molecule has 0 aliphatic carbocycles. The standard InChI is InChI=1S/C19H29NO2/c1-14(2)11-16-6-8-17(9-7-16)15(3)12-19(21)22-18-5-4-10-20-13-18/h6-9,14-15,18,20H,4-5,10-13H2,1-3H3. The molecule has 0 saturated carbocycles. The summed E-state index contributed by atoms with van der Waals surface area (Å²) in [6, 6.07) is 8.67. The lowest BCUT2D eigenvalue weighted by atomic mass is 9.95. The highest BCUT2D eigenvalue weighted by Crippen LogP contribution is 2.21. The Labute approximate surface area is 134 Å². The van der Waals surface area contributed by atoms with Crippen molar-refractivity contribution in [1.29, 1.82) is 0 Å². The van der Waals surface area contributed by atoms with E-state index in [-0.39, 0.29) is 18.0 Å². The van der Waals surface area contributed by atoms with Crippen LogP contribution in [0.1, 0.15) is 57.1 Å². The Morgan fingerprint density at radius 3 is 2.59 bits per heavy atom. The predicted octanol–water partition coefficient (Wildman–Crippen LogP) is 3.67. The Morgan fingerprint density at radius 1 is 1.27 bits per heavy atom. The fourth-order valence-corrected chi connectivity index (χ4v) is 2.98. The van der Waals surface area contributed by atoms with Crippen LogP contribution in [0.3, 0.4) is 0 Å². The molecule has 2 atom stereocenters. The topological polar surface area (TPSA) is 38.3 Å². The summed E-state index contributed by atoms with van der Waals surface area (Å²) >= 11 is 0. The Balaban J connectivity index is 1.82. The second-order valence-electron chi connectivity index (χ2n) is 6.90. The average Bonchev–Trinajstić information content (AvgIpc) is 2.48. The minimum atomic E-state index is -0.0764. The molecule has 22 heavy (non-hydrogen) atoms. The van der Waals surface area contributed by atoms with Crippen LogP contribution in [0.4, 0.5) is 0 Å². The minimum absolute atomic E-state index is 0.0573. The van der Waals surface area contributed by atoms with Gasteiger partial charge in [-0.3, -0.25) is 4.79 Å². The third-order valence-electron chi connectivity index (χ3n) is 4.22. The van der Waals surface area contributed by atoms with Gasteiger partial charge in [-0.15, -0.1) is 0 Å². The van der Waals surface area contributed by atoms with E-state index in [2.05, 4.69) is 50.4 Å². The van der Waals surface area contributed by atoms with Crippen LogP contribution < -0.4 is 5.32 Å². The third-order valence-corrected chi connectivity index (χ3v) is 4.22. The maximum absolute atomic E-state index is 12.1. The van der Waals surface area contributed by atoms with Crippen molar-refractivity contribution >= 4 is 5.97 Å². The summed E-state index contributed by atoms with van der Waals surface area (Å²) in [5.74, 6) is 0.798. The molecule has 1 aromatic carbocycles. The van der Waals surface area contributed by atoms with Crippen LogP contribution >= 0.6 is 0 Å². The molecular formula is C19H29NO2. The van der Waals surface area contributed by atoms with Crippen LogP contribution in [-0.4, -0.2) is 25.2 Å². The van der Waals surface area contributed by atoms with Gasteiger partial charge in [0.25, 0.3) is 0 Å². The first-order valence-electron chi connectivity index (χ1n) is 8.53. The van der Waals surface area contributed by atoms with Crippen molar-refractivity contribution in [2.24, 2.45) is 5.92 Å². The van der Waals surface area contributed by atoms with Crippen molar-refractivity contribution in [2.75, 3.05) is 13.1 Å². The number of rotatable bonds is 6. The number of benzene rings is 1. The van der Waals surface area contributed by atoms with E-state index in [0.717, 1.165) is 32.4 Å². The molecule has 1 N–H and O–H groups in total. The van der Waals surface area contributed by atoms with Gasteiger partial charge in [0.15, 0.2) is 0 Å². The van der Waals surface area contributed by atoms with E-state index in [1.807, 2.05) is 0 Å². The lowest BCUT2D eigenvalue weighted by Gasteiger charge is -2.23. The number of carbonyl (C=O) groups excluding carboxylic acids is 1. The summed E-state index contributed by atoms with van der Waals surface area (Å²) in [7, 11) is 0. The van der Waals surface area contributed by atoms with Crippen molar-refractivity contribution < 1.29 is 9.53 Å². The van der Waals surface area contributed by atoms with Crippen LogP contribution in [-0.2, 0) is 16.0 Å². The van der Waals surface area contributed by atoms with Crippen LogP contribution in [0.5, 0.6) is 0 Å². The summed E-state index contributed by atoms with van der Waals surface area (Å²) < 4.78 is 5.56. The first-order valence-corrected chi connectivity index (χ1v) is 8.53. The van der Waals surface area contributed by atoms with Gasteiger partial charge in [0, 0.05) is 6.54 Å². The maximum atomic E-state index is 12.1. The van der Waals surface area contributed by atoms with Gasteiger partial charge in [-0.1, -0.05) is 45.0 Å². The molecule has 3 heteroatoms. The summed E-state index contributed by atoms with van der Waals surface area (Å²) in [6.45, 7) is 8.38. The van der Waals surface area contributed by atoms with Gasteiger partial charge in [0.2, 0.25) is 0 Å². The molecule has 1 fully saturated rings. The van der Waals surface area contributed by atoms with Crippen molar-refractivity contribution in [1.82, 2.24) is 5.32 Å². The number of esters is 1. The second kappa shape index (κ2) is 8.33. The SMILES string of the molecule is CC(C)Cc1ccc(C(C)CC(=O)OC2CCCNC2)cc1. The number of piperidine rings is 1. The van der Waals surface area contributed by atoms with Gasteiger partial charge >= 0.3 is 5.97 Å². The first kappa shape index (κ1) is 17.0. The highest BCUT2D eigenvalue weighted by molar-refractivity contribution is 5.70. The Morgan fingerprint density at radius 2 is 2.00 bits per heavy atom. The number of hydrogen-bond donors (Lipinski definition) is 1. The summed E-state index contributed by atoms with van der Waals surface area (Å²) in [4.78, 5) is 12.1. The molecule has 0 spiro atoms. The van der Waals surface area contributed by atoms with Crippen LogP contribution in [0, 0.1) is 5.92 Å². The number of hydrogen-bond acceptors (Lipinski definition) is 3. The maximum Gasteiger partial charge on any atom is 0.306 e. The molecule has 0 aromatic heterocycles. The van der Waals surface area contributed by atoms with E-state index >= 15 is 0 Å². The zero-order chi connectivity index (χ0) is 15.9. The Kier molecular flexibility index (Phi) is 6.44. The highest BCUT2D eigenvalue weighted by atomic mass is 16.5. The third kappa shape index (κ3) is 5.45. The number of carbonyl (C=O) groups is 1. The van der Waals surface area contributed by atoms with Gasteiger partial charge in [-0.05, 0) is 48.8 Å². The second-order valence-corrected chi connectivity index (χ2v) is 6.90. The summed E-state index contributed by atoms with van der Waals surface area (Å²) in [5, 5.41) is 3.27. The smallest absolute Gasteiger partial charge is 0.306 e. The molecule has 1 heterocycles. The Hall–Kier alpha value is -1.35. The quantitative estimate of drug-likeness (QED) is 0.815. The summed E-state index contributed by atoms with van der Waals surface area (Å²) in [6.07, 6.45) is 3.69. The number of nitrogens with one attached hydrogen (secondary N) is 1. The minimum Gasteiger partial charge on any atom is -0.461 e. The van der Waals surface area contributed by atoms with Gasteiger partial charge in [-0.25, -0.2) is 0 Å². The van der Waals surface area contributed by atoms with E-state index in [9.17, 15) is 4.79 Å². The van der Waals surface area contributed by atoms with E-state index in [1.54, 1.807) is 0 Å². The molecule has 0 amide bonds. The molecule has 0 bridgehead atoms. The lowest BCUT2D eigenvalue weighted by Crippen LogP contribution is -2.36. The molecule has 1 aliphatic heterocycles. The molecular weight excluding hydrogens is 274 g/mol. The lowest BCUT2D eigenvalue weighted by molar-refractivity contribution is -0.150. The van der Waals surface area contributed by atoms with Crippen molar-refractivity contribution in [2.45, 2.75) is 58.5 Å². The molecule has 2 unspecified atom stereocenters. The first-order chi connectivity index (χ1) is 10.5. The Bertz CT molecular complexity index is 461. The molecule has 2 rings (SSSR count). The summed E-state index contributed by atoms with van der Waals surface area (Å²) in [5.41, 5.74) is 2.58. The molecule has 1 saturated heterocycles. The van der Waals surface area contributed by atoms with Crippen LogP contribution in [0.2, 0.25) is 0 Å². The number of ether oxygens (including phenoxy) is 1. The molecule has 0 radical (unpaired) electrons. The van der Waals surface area contributed by atoms with Crippen molar-refractivity contribution in [3.8, 4) is 0 Å². The van der Waals surface area contributed by atoms with Crippen molar-refractivity contribution in [3.63, 3.8) is 0 Å². The fraction of sp³-hybridized carbons (Fsp3) is 0.632. The zero-order valence-electron chi connectivity index (χ0n) is 14.1. The normalized spacial score (nSPS) is 19.9. The molecule has 1 aliphatic rings. The van der Waals surface area contributed by atoms with Gasteiger partial charge in [-0.2, -0.15) is 0 Å². The van der Waals surface area contributed by atoms with Gasteiger partial charge in [0.1, 0.15) is 6.10 Å². The highest BCUT2D eigenvalue weighted by Gasteiger charge is 2.19. The van der Waals surface area contributed by atoms with E-state index in [1.165, 1.54) is 11.1 Å². The van der Waals surface area contributed by atoms with Crippen molar-refractivity contribution in [3.05, 3.63) is 35.4 Å². The average molecular weight is 303 g/mol. The molecule has 1 aromatic rings. The fourth-order valence-electron chi connectivity index (χ4n) is 2.98. The van der Waals surface area contributed by atoms with Crippen LogP contribution in [0.15, 0.2) is 24.3 Å². The van der Waals surface area contributed by atoms with E-state index in [0.29, 0.717) is 12.3 Å². The molecule has 122 valence electrons. The largest absolute Gasteiger partial charge is 0.461 e. The van der Waals surface area contributed by atoms with E-state index in [4.69, 9.17) is 4.74 Å². The zero-order valence-corrected chi connectivity index (χ0v) is 14.1. The van der Waals surface area contributed by atoms with Crippen LogP contribution in [0.25, 0.3) is 0 Å². The van der Waals surface area contributed by atoms with Gasteiger partial charge in [0.05, 0.1) is 6.42 Å². The van der Waals surface area contributed by atoms with Gasteiger partial charge < -0.3 is 10.1 Å². The van der Waals surface area contributed by atoms with E-state index < -0.39 is 0 Å².